The Balaban J connectivity index is 0.000000324. The number of benzene rings is 8. The molecule has 2 heterocycles. The van der Waals surface area contributed by atoms with E-state index in [1.807, 2.05) is 112 Å². The van der Waals surface area contributed by atoms with Crippen molar-refractivity contribution >= 4 is 126 Å². The molecule has 0 radical (unpaired) electrons. The topological polar surface area (TPSA) is 235 Å². The molecule has 2 fully saturated rings. The number of carbonyl (C=O) groups is 7. The summed E-state index contributed by atoms with van der Waals surface area (Å²) in [5, 5.41) is 19.1. The number of alkyl halides is 2. The van der Waals surface area contributed by atoms with Gasteiger partial charge in [-0.3, -0.25) is 19.2 Å². The fourth-order valence-electron chi connectivity index (χ4n) is 12.7. The van der Waals surface area contributed by atoms with E-state index >= 15 is 0 Å². The predicted octanol–water partition coefficient (Wildman–Crippen LogP) is 19.9. The monoisotopic (exact) mass is 1870 g/mol. The standard InChI is InChI=1S/C25H31FN2O4.C23H23O2P.C21H31FN2O2.C12H13FO2.C10H9FO.C5H9BrO2.C3H5BrO2/c1-17(12-18-7-9-20(26)10-8-18)15-28(16-21-6-5-11-27-21)25(29)19-13-22(30-2)24(32-4)23(14-19)31-3;1-3-25-23(24)19(2)26(20-13-7-4-8-14-20,21-15-9-5-10-16-21)22-17-11-6-12-18-22;1-16(14-17-7-9-18(22)10-8-17)15-23-12-11-19-6-5-13-24(19)20(25)26-21(2,3)4;1-3-15-12(14)9(2)8-10-4-6-11(13)7-5-10;1-8(7-12)6-9-2-4-10(11)5-3-9;1-3-8-5(7)4(2)6;1-2(4)3(5)6/h7-10,12-14,21,27H,5-6,11,15-16H2,1-4H3;4-18H,3H2,1-2H3;7-10,14,19,23H,5-6,11-13,15H2,1-4H3;4-8H,3H2,1-2H3;2-7H,1H3;4H,3H2,1-2H3;2H,1H3,(H,5,6)/b17-12+;;16-14+;9-8+;8-6+;;. The van der Waals surface area contributed by atoms with Gasteiger partial charge < -0.3 is 58.7 Å². The maximum Gasteiger partial charge on any atom is 0.410 e. The minimum Gasteiger partial charge on any atom is -0.493 e. The summed E-state index contributed by atoms with van der Waals surface area (Å²) in [5.74, 6) is -1.44. The van der Waals surface area contributed by atoms with Crippen LogP contribution in [0.4, 0.5) is 22.4 Å². The molecule has 2 amide bonds. The number of methoxy groups -OCH3 is 3. The minimum atomic E-state index is -2.29. The van der Waals surface area contributed by atoms with Crippen LogP contribution in [0.5, 0.6) is 17.2 Å². The van der Waals surface area contributed by atoms with E-state index in [1.54, 1.807) is 114 Å². The molecule has 0 saturated carbocycles. The van der Waals surface area contributed by atoms with Crippen LogP contribution >= 0.6 is 38.7 Å². The first-order valence-corrected chi connectivity index (χ1v) is 44.8. The van der Waals surface area contributed by atoms with Gasteiger partial charge in [0.25, 0.3) is 5.91 Å². The second-order valence-electron chi connectivity index (χ2n) is 29.9. The molecule has 4 unspecified atom stereocenters. The van der Waals surface area contributed by atoms with Gasteiger partial charge >= 0.3 is 30.0 Å². The lowest BCUT2D eigenvalue weighted by Gasteiger charge is -2.31. The number of esters is 3. The number of amides is 2. The van der Waals surface area contributed by atoms with Crippen LogP contribution in [0, 0.1) is 23.3 Å². The zero-order chi connectivity index (χ0) is 92.6. The average molecular weight is 1870 g/mol. The normalized spacial score (nSPS) is 14.1. The molecule has 2 aliphatic heterocycles. The van der Waals surface area contributed by atoms with E-state index in [-0.39, 0.29) is 70.1 Å². The molecule has 26 heteroatoms. The van der Waals surface area contributed by atoms with E-state index in [0.29, 0.717) is 66.9 Å². The summed E-state index contributed by atoms with van der Waals surface area (Å²) in [5.41, 5.74) is 6.83. The number of hydrogen-bond acceptors (Lipinski definition) is 16. The number of rotatable bonds is 28. The Bertz CT molecular complexity index is 4710. The lowest BCUT2D eigenvalue weighted by Crippen LogP contribution is -2.42. The Morgan fingerprint density at radius 1 is 0.576 bits per heavy atom. The third-order valence-electron chi connectivity index (χ3n) is 18.6. The number of ether oxygens (including phenoxy) is 7. The largest absolute Gasteiger partial charge is 0.493 e. The number of likely N-dealkylation sites (tertiary alicyclic amines) is 1. The fraction of sp³-hybridized carbons (Fsp3) is 0.354. The number of aldehydes is 1. The van der Waals surface area contributed by atoms with Crippen LogP contribution in [0.3, 0.4) is 0 Å². The molecule has 2 saturated heterocycles. The molecule has 2 aliphatic rings. The van der Waals surface area contributed by atoms with Crippen molar-refractivity contribution in [1.82, 2.24) is 20.4 Å². The zero-order valence-electron chi connectivity index (χ0n) is 74.4. The first-order chi connectivity index (χ1) is 59.6. The fourth-order valence-corrected chi connectivity index (χ4v) is 17.1. The van der Waals surface area contributed by atoms with Gasteiger partial charge in [0.05, 0.1) is 41.2 Å². The molecule has 0 spiro atoms. The summed E-state index contributed by atoms with van der Waals surface area (Å²) in [6.45, 7) is 27.0. The Hall–Kier alpha value is -10.7. The number of nitrogens with zero attached hydrogens (tertiary/aromatic N) is 2. The van der Waals surface area contributed by atoms with E-state index < -0.39 is 23.3 Å². The smallest absolute Gasteiger partial charge is 0.410 e. The maximum atomic E-state index is 13.6. The van der Waals surface area contributed by atoms with Crippen molar-refractivity contribution in [2.75, 3.05) is 80.4 Å². The van der Waals surface area contributed by atoms with Crippen LogP contribution in [0.15, 0.2) is 222 Å². The van der Waals surface area contributed by atoms with E-state index in [2.05, 4.69) is 96.6 Å². The Morgan fingerprint density at radius 2 is 1.00 bits per heavy atom. The van der Waals surface area contributed by atoms with Crippen molar-refractivity contribution in [3.05, 3.63) is 274 Å². The molecule has 8 aromatic carbocycles. The lowest BCUT2D eigenvalue weighted by molar-refractivity contribution is -0.142. The maximum absolute atomic E-state index is 13.6. The minimum absolute atomic E-state index is 0.121. The van der Waals surface area contributed by atoms with Gasteiger partial charge in [-0.15, -0.1) is 0 Å². The number of nitrogens with one attached hydrogen (secondary N) is 2. The van der Waals surface area contributed by atoms with Crippen LogP contribution < -0.4 is 40.8 Å². The molecular formula is C99H121Br2F4N4O15P. The molecule has 4 atom stereocenters. The van der Waals surface area contributed by atoms with Gasteiger partial charge in [-0.2, -0.15) is 0 Å². The van der Waals surface area contributed by atoms with Gasteiger partial charge in [-0.1, -0.05) is 195 Å². The van der Waals surface area contributed by atoms with E-state index in [1.165, 1.54) is 75.4 Å². The predicted molar refractivity (Wildman–Crippen MR) is 503 cm³/mol. The van der Waals surface area contributed by atoms with Gasteiger partial charge in [0.2, 0.25) is 5.75 Å². The number of aliphatic carboxylic acids is 1. The van der Waals surface area contributed by atoms with E-state index in [4.69, 9.17) is 33.5 Å². The molecule has 0 bridgehead atoms. The van der Waals surface area contributed by atoms with Crippen LogP contribution in [0.2, 0.25) is 0 Å². The van der Waals surface area contributed by atoms with Crippen LogP contribution in [-0.4, -0.2) is 170 Å². The van der Waals surface area contributed by atoms with Crippen molar-refractivity contribution < 1.29 is 89.4 Å². The molecule has 19 nitrogen and oxygen atoms in total. The second-order valence-corrected chi connectivity index (χ2v) is 36.2. The van der Waals surface area contributed by atoms with Crippen molar-refractivity contribution in [3.63, 3.8) is 0 Å². The quantitative estimate of drug-likeness (QED) is 0.00604. The Morgan fingerprint density at radius 3 is 1.38 bits per heavy atom. The molecule has 0 aromatic heterocycles. The van der Waals surface area contributed by atoms with E-state index in [9.17, 15) is 51.1 Å². The highest BCUT2D eigenvalue weighted by atomic mass is 79.9. The van der Waals surface area contributed by atoms with Gasteiger partial charge in [-0.25, -0.2) is 31.9 Å². The highest BCUT2D eigenvalue weighted by Crippen LogP contribution is 2.46. The van der Waals surface area contributed by atoms with Crippen LogP contribution in [-0.2, 0) is 42.9 Å². The number of hydrogen-bond donors (Lipinski definition) is 3. The highest BCUT2D eigenvalue weighted by molar-refractivity contribution is 9.10. The number of halogens is 6. The first kappa shape index (κ1) is 107. The molecule has 0 aliphatic carbocycles. The van der Waals surface area contributed by atoms with Gasteiger partial charge in [0.15, 0.2) is 11.5 Å². The number of carboxylic acid groups (broad SMARTS) is 1. The summed E-state index contributed by atoms with van der Waals surface area (Å²) < 4.78 is 87.7. The van der Waals surface area contributed by atoms with E-state index in [0.717, 1.165) is 114 Å². The van der Waals surface area contributed by atoms with Crippen molar-refractivity contribution in [2.45, 2.75) is 149 Å². The SMILES string of the molecule is C/C(=C\c1ccc(F)cc1)CNCCC1CCCN1C(=O)OC(C)(C)C.C/C(C=O)=C\c1ccc(F)cc1.CC(Br)C(=O)O.CCOC(=O)/C(C)=C/c1ccc(F)cc1.CCOC(=O)C(C)=P(c1ccccc1)(c1ccccc1)c1ccccc1.CCOC(=O)C(C)Br.COc1cc(C(=O)N(C/C(C)=C/c2ccc(F)cc2)CC2CCCN2)cc(OC)c1OC. The summed E-state index contributed by atoms with van der Waals surface area (Å²) in [7, 11) is 4.59. The average Bonchev–Trinajstić information content (AvgIpc) is 1.04. The van der Waals surface area contributed by atoms with Gasteiger partial charge in [0.1, 0.15) is 44.8 Å². The van der Waals surface area contributed by atoms with Crippen molar-refractivity contribution in [3.8, 4) is 17.2 Å². The summed E-state index contributed by atoms with van der Waals surface area (Å²) in [6.07, 6.45) is 13.1. The van der Waals surface area contributed by atoms with Crippen LogP contribution in [0.25, 0.3) is 24.3 Å². The first-order valence-electron chi connectivity index (χ1n) is 41.2. The highest BCUT2D eigenvalue weighted by Gasteiger charge is 2.34. The summed E-state index contributed by atoms with van der Waals surface area (Å²) >= 11 is 5.91. The van der Waals surface area contributed by atoms with Crippen molar-refractivity contribution in [2.24, 2.45) is 0 Å². The Kier molecular flexibility index (Phi) is 48.7. The van der Waals surface area contributed by atoms with Crippen LogP contribution in [0.1, 0.15) is 155 Å². The van der Waals surface area contributed by atoms with Gasteiger partial charge in [-0.05, 0) is 259 Å². The third kappa shape index (κ3) is 38.4. The summed E-state index contributed by atoms with van der Waals surface area (Å²) in [6, 6.07) is 59.5. The zero-order valence-corrected chi connectivity index (χ0v) is 78.5. The lowest BCUT2D eigenvalue weighted by atomic mass is 10.1. The number of carboxylic acids is 1. The molecule has 8 aromatic rings. The Labute approximate surface area is 752 Å². The summed E-state index contributed by atoms with van der Waals surface area (Å²) in [4.78, 5) is 83.4. The number of allylic oxidation sites excluding steroid dienone is 1. The molecule has 10 rings (SSSR count). The molecule has 125 heavy (non-hydrogen) atoms. The van der Waals surface area contributed by atoms with Gasteiger partial charge in [0, 0.05) is 54.7 Å². The molecular weight excluding hydrogens is 1750 g/mol. The number of carbonyl (C=O) groups excluding carboxylic acids is 6. The second kappa shape index (κ2) is 57.0. The molecule has 3 N–H and O–H groups in total. The van der Waals surface area contributed by atoms with Crippen molar-refractivity contribution in [1.29, 1.82) is 0 Å². The molecule has 674 valence electrons. The third-order valence-corrected chi connectivity index (χ3v) is 23.8.